The molecule has 0 aliphatic carbocycles. The van der Waals surface area contributed by atoms with E-state index < -0.39 is 0 Å². The number of fused-ring (bicyclic) bond motifs is 10. The molecule has 9 aromatic rings. The van der Waals surface area contributed by atoms with Crippen molar-refractivity contribution < 1.29 is 4.42 Å². The quantitative estimate of drug-likeness (QED) is 0.219. The molecule has 190 valence electrons. The van der Waals surface area contributed by atoms with Crippen LogP contribution in [0.2, 0.25) is 0 Å². The highest BCUT2D eigenvalue weighted by Crippen LogP contribution is 2.45. The number of aromatic nitrogens is 1. The fourth-order valence-electron chi connectivity index (χ4n) is 6.52. The maximum Gasteiger partial charge on any atom is 0.135 e. The fraction of sp³-hybridized carbons (Fsp3) is 0. The van der Waals surface area contributed by atoms with E-state index >= 15 is 0 Å². The Bertz CT molecular complexity index is 2560. The van der Waals surface area contributed by atoms with Gasteiger partial charge < -0.3 is 8.98 Å². The van der Waals surface area contributed by atoms with Crippen molar-refractivity contribution in [2.75, 3.05) is 0 Å². The summed E-state index contributed by atoms with van der Waals surface area (Å²) >= 11 is 1.83. The number of hydrogen-bond acceptors (Lipinski definition) is 3. The van der Waals surface area contributed by atoms with Crippen molar-refractivity contribution in [2.45, 2.75) is 0 Å². The molecule has 0 unspecified atom stereocenters. The van der Waals surface area contributed by atoms with Crippen LogP contribution in [0, 0.1) is 11.3 Å². The van der Waals surface area contributed by atoms with Crippen molar-refractivity contribution in [3.05, 3.63) is 127 Å². The van der Waals surface area contributed by atoms with Crippen LogP contribution in [-0.4, -0.2) is 4.57 Å². The highest BCUT2D eigenvalue weighted by Gasteiger charge is 2.22. The van der Waals surface area contributed by atoms with Crippen LogP contribution in [0.4, 0.5) is 0 Å². The first-order chi connectivity index (χ1) is 20.3. The van der Waals surface area contributed by atoms with Gasteiger partial charge in [-0.2, -0.15) is 5.26 Å². The lowest BCUT2D eigenvalue weighted by molar-refractivity contribution is 0.669. The van der Waals surface area contributed by atoms with E-state index in [1.807, 2.05) is 47.7 Å². The molecule has 0 radical (unpaired) electrons. The second-order valence-corrected chi connectivity index (χ2v) is 11.5. The fourth-order valence-corrected chi connectivity index (χ4v) is 7.63. The topological polar surface area (TPSA) is 41.9 Å². The van der Waals surface area contributed by atoms with E-state index in [1.165, 1.54) is 36.5 Å². The first kappa shape index (κ1) is 22.4. The van der Waals surface area contributed by atoms with Gasteiger partial charge in [0, 0.05) is 47.3 Å². The van der Waals surface area contributed by atoms with Crippen LogP contribution in [0.1, 0.15) is 5.56 Å². The number of para-hydroxylation sites is 2. The average molecular weight is 541 g/mol. The predicted octanol–water partition coefficient (Wildman–Crippen LogP) is 10.6. The van der Waals surface area contributed by atoms with Gasteiger partial charge in [-0.15, -0.1) is 11.3 Å². The minimum absolute atomic E-state index is 0.642. The predicted molar refractivity (Wildman–Crippen MR) is 171 cm³/mol. The molecule has 3 heterocycles. The largest absolute Gasteiger partial charge is 0.456 e. The Balaban J connectivity index is 1.46. The first-order valence-electron chi connectivity index (χ1n) is 13.6. The third-order valence-corrected chi connectivity index (χ3v) is 9.38. The van der Waals surface area contributed by atoms with Gasteiger partial charge in [-0.25, -0.2) is 0 Å². The molecule has 0 atom stereocenters. The molecule has 0 aliphatic rings. The maximum atomic E-state index is 10.4. The minimum Gasteiger partial charge on any atom is -0.456 e. The molecular weight excluding hydrogens is 520 g/mol. The zero-order valence-corrected chi connectivity index (χ0v) is 22.6. The second kappa shape index (κ2) is 8.32. The summed E-state index contributed by atoms with van der Waals surface area (Å²) in [5.41, 5.74) is 7.54. The van der Waals surface area contributed by atoms with Gasteiger partial charge >= 0.3 is 0 Å². The van der Waals surface area contributed by atoms with E-state index in [0.717, 1.165) is 44.3 Å². The monoisotopic (exact) mass is 540 g/mol. The van der Waals surface area contributed by atoms with Gasteiger partial charge in [-0.1, -0.05) is 72.8 Å². The summed E-state index contributed by atoms with van der Waals surface area (Å²) in [4.78, 5) is 0. The van der Waals surface area contributed by atoms with E-state index in [-0.39, 0.29) is 0 Å². The molecule has 41 heavy (non-hydrogen) atoms. The van der Waals surface area contributed by atoms with Crippen molar-refractivity contribution in [1.82, 2.24) is 4.57 Å². The van der Waals surface area contributed by atoms with E-state index in [9.17, 15) is 5.26 Å². The smallest absolute Gasteiger partial charge is 0.135 e. The van der Waals surface area contributed by atoms with E-state index in [2.05, 4.69) is 95.6 Å². The normalized spacial score (nSPS) is 11.9. The summed E-state index contributed by atoms with van der Waals surface area (Å²) < 4.78 is 11.0. The summed E-state index contributed by atoms with van der Waals surface area (Å²) in [6.45, 7) is 0. The standard InChI is InChI=1S/C37H20N2OS/c38-21-23-8-7-13-30(35(23)22-16-18-32-28(20-22)25-10-2-5-14-31(25)40-32)39-29-12-4-1-9-24(29)26-17-19-34-36(37(26)39)27-11-3-6-15-33(27)41-34/h1-20H. The molecule has 3 aromatic heterocycles. The molecule has 0 N–H and O–H groups in total. The van der Waals surface area contributed by atoms with Gasteiger partial charge in [0.05, 0.1) is 28.4 Å². The van der Waals surface area contributed by atoms with Crippen molar-refractivity contribution in [2.24, 2.45) is 0 Å². The SMILES string of the molecule is N#Cc1cccc(-n2c3ccccc3c3ccc4sc5ccccc5c4c32)c1-c1ccc2oc3ccccc3c2c1. The summed E-state index contributed by atoms with van der Waals surface area (Å²) in [6, 6.07) is 44.7. The zero-order chi connectivity index (χ0) is 27.1. The molecule has 0 spiro atoms. The number of thiophene rings is 1. The molecule has 3 nitrogen and oxygen atoms in total. The number of rotatable bonds is 2. The van der Waals surface area contributed by atoms with Crippen LogP contribution in [0.25, 0.3) is 80.7 Å². The molecule has 0 aliphatic heterocycles. The Labute approximate surface area is 238 Å². The molecule has 0 bridgehead atoms. The van der Waals surface area contributed by atoms with Gasteiger partial charge in [0.25, 0.3) is 0 Å². The average Bonchev–Trinajstić information content (AvgIpc) is 3.69. The van der Waals surface area contributed by atoms with Crippen LogP contribution in [0.5, 0.6) is 0 Å². The molecule has 9 rings (SSSR count). The van der Waals surface area contributed by atoms with Crippen LogP contribution in [-0.2, 0) is 0 Å². The highest BCUT2D eigenvalue weighted by molar-refractivity contribution is 7.26. The summed E-state index contributed by atoms with van der Waals surface area (Å²) in [5, 5.41) is 17.4. The lowest BCUT2D eigenvalue weighted by Gasteiger charge is -2.16. The lowest BCUT2D eigenvalue weighted by Crippen LogP contribution is -1.99. The van der Waals surface area contributed by atoms with E-state index in [1.54, 1.807) is 0 Å². The zero-order valence-electron chi connectivity index (χ0n) is 21.8. The number of nitrogens with zero attached hydrogens (tertiary/aromatic N) is 2. The Hall–Kier alpha value is -5.37. The molecule has 0 saturated carbocycles. The van der Waals surface area contributed by atoms with Crippen LogP contribution in [0.3, 0.4) is 0 Å². The number of benzene rings is 6. The van der Waals surface area contributed by atoms with Gasteiger partial charge in [0.2, 0.25) is 0 Å². The molecule has 0 amide bonds. The molecule has 6 aromatic carbocycles. The summed E-state index contributed by atoms with van der Waals surface area (Å²) in [5.74, 6) is 0. The second-order valence-electron chi connectivity index (χ2n) is 10.4. The molecule has 0 saturated heterocycles. The molecule has 0 fully saturated rings. The molecule has 4 heteroatoms. The van der Waals surface area contributed by atoms with Gasteiger partial charge in [0.1, 0.15) is 11.2 Å². The Kier molecular flexibility index (Phi) is 4.55. The van der Waals surface area contributed by atoms with E-state index in [0.29, 0.717) is 5.56 Å². The van der Waals surface area contributed by atoms with Crippen LogP contribution in [0.15, 0.2) is 126 Å². The highest BCUT2D eigenvalue weighted by atomic mass is 32.1. The van der Waals surface area contributed by atoms with E-state index in [4.69, 9.17) is 4.42 Å². The summed E-state index contributed by atoms with van der Waals surface area (Å²) in [6.07, 6.45) is 0. The first-order valence-corrected chi connectivity index (χ1v) is 14.4. The molecular formula is C37H20N2OS. The number of furan rings is 1. The summed E-state index contributed by atoms with van der Waals surface area (Å²) in [7, 11) is 0. The Morgan fingerprint density at radius 2 is 1.39 bits per heavy atom. The van der Waals surface area contributed by atoms with Crippen molar-refractivity contribution in [3.63, 3.8) is 0 Å². The van der Waals surface area contributed by atoms with Crippen molar-refractivity contribution in [1.29, 1.82) is 5.26 Å². The minimum atomic E-state index is 0.642. The van der Waals surface area contributed by atoms with Crippen LogP contribution >= 0.6 is 11.3 Å². The van der Waals surface area contributed by atoms with Crippen molar-refractivity contribution >= 4 is 75.3 Å². The third kappa shape index (κ3) is 3.07. The van der Waals surface area contributed by atoms with Crippen LogP contribution < -0.4 is 0 Å². The third-order valence-electron chi connectivity index (χ3n) is 8.24. The lowest BCUT2D eigenvalue weighted by atomic mass is 9.96. The number of hydrogen-bond donors (Lipinski definition) is 0. The maximum absolute atomic E-state index is 10.4. The number of nitriles is 1. The Morgan fingerprint density at radius 1 is 0.610 bits per heavy atom. The van der Waals surface area contributed by atoms with Gasteiger partial charge in [-0.05, 0) is 54.1 Å². The van der Waals surface area contributed by atoms with Gasteiger partial charge in [-0.3, -0.25) is 0 Å². The van der Waals surface area contributed by atoms with Gasteiger partial charge in [0.15, 0.2) is 0 Å². The Morgan fingerprint density at radius 3 is 2.29 bits per heavy atom. The van der Waals surface area contributed by atoms with Crippen molar-refractivity contribution in [3.8, 4) is 22.9 Å².